The van der Waals surface area contributed by atoms with Gasteiger partial charge < -0.3 is 0 Å². The van der Waals surface area contributed by atoms with Crippen LogP contribution in [0.25, 0.3) is 16.4 Å². The molecule has 2 fully saturated rings. The van der Waals surface area contributed by atoms with Gasteiger partial charge in [-0.2, -0.15) is 0 Å². The minimum Gasteiger partial charge on any atom is -0.250 e. The van der Waals surface area contributed by atoms with Gasteiger partial charge in [-0.25, -0.2) is 10.2 Å². The van der Waals surface area contributed by atoms with E-state index in [1.165, 1.54) is 23.3 Å². The van der Waals surface area contributed by atoms with Crippen LogP contribution in [0.5, 0.6) is 0 Å². The molecule has 0 aromatic carbocycles. The van der Waals surface area contributed by atoms with Crippen LogP contribution in [0.4, 0.5) is 0 Å². The highest BCUT2D eigenvalue weighted by Crippen LogP contribution is 2.63. The van der Waals surface area contributed by atoms with E-state index in [0.29, 0.717) is 10.5 Å². The third-order valence-electron chi connectivity index (χ3n) is 4.70. The zero-order valence-electron chi connectivity index (χ0n) is 11.5. The van der Waals surface area contributed by atoms with E-state index >= 15 is 0 Å². The van der Waals surface area contributed by atoms with Gasteiger partial charge in [0.1, 0.15) is 15.5 Å². The molecule has 21 heavy (non-hydrogen) atoms. The van der Waals surface area contributed by atoms with E-state index in [-0.39, 0.29) is 6.71 Å². The molecule has 1 aliphatic carbocycles. The van der Waals surface area contributed by atoms with E-state index in [0.717, 1.165) is 29.5 Å². The summed E-state index contributed by atoms with van der Waals surface area (Å²) in [5, 5.41) is 10.0. The van der Waals surface area contributed by atoms with Crippen molar-refractivity contribution >= 4 is 46.1 Å². The van der Waals surface area contributed by atoms with Gasteiger partial charge in [-0.3, -0.25) is 4.98 Å². The highest BCUT2D eigenvalue weighted by atomic mass is 35.5. The first-order valence-electron chi connectivity index (χ1n) is 7.20. The Morgan fingerprint density at radius 2 is 2.33 bits per heavy atom. The summed E-state index contributed by atoms with van der Waals surface area (Å²) in [6, 6.07) is 2.08. The molecule has 3 heterocycles. The molecule has 0 bridgehead atoms. The van der Waals surface area contributed by atoms with E-state index < -0.39 is 0 Å². The van der Waals surface area contributed by atoms with E-state index in [1.54, 1.807) is 17.5 Å². The zero-order valence-corrected chi connectivity index (χ0v) is 13.0. The lowest BCUT2D eigenvalue weighted by atomic mass is 9.34. The van der Waals surface area contributed by atoms with Crippen LogP contribution in [-0.4, -0.2) is 16.7 Å². The fourth-order valence-electron chi connectivity index (χ4n) is 3.39. The molecule has 2 aliphatic rings. The minimum absolute atomic E-state index is 0.263. The van der Waals surface area contributed by atoms with Crippen molar-refractivity contribution in [2.45, 2.75) is 37.3 Å². The summed E-state index contributed by atoms with van der Waals surface area (Å²) in [4.78, 5) is 10.7. The van der Waals surface area contributed by atoms with Crippen molar-refractivity contribution in [1.29, 1.82) is 5.26 Å². The zero-order chi connectivity index (χ0) is 14.4. The van der Waals surface area contributed by atoms with Crippen molar-refractivity contribution in [1.82, 2.24) is 9.97 Å². The molecule has 4 rings (SSSR count). The van der Waals surface area contributed by atoms with Gasteiger partial charge in [0.05, 0.1) is 6.20 Å². The topological polar surface area (TPSA) is 49.6 Å². The van der Waals surface area contributed by atoms with Gasteiger partial charge in [0, 0.05) is 10.8 Å². The van der Waals surface area contributed by atoms with Crippen LogP contribution >= 0.6 is 22.9 Å². The molecule has 1 spiro atoms. The number of rotatable bonds is 1. The van der Waals surface area contributed by atoms with Crippen molar-refractivity contribution in [3.8, 4) is 5.97 Å². The van der Waals surface area contributed by atoms with Gasteiger partial charge in [0.15, 0.2) is 0 Å². The predicted molar refractivity (Wildman–Crippen MR) is 87.7 cm³/mol. The van der Waals surface area contributed by atoms with E-state index in [9.17, 15) is 5.26 Å². The van der Waals surface area contributed by atoms with Crippen LogP contribution in [0.1, 0.15) is 30.6 Å². The lowest BCUT2D eigenvalue weighted by molar-refractivity contribution is 0.752. The molecule has 0 radical (unpaired) electrons. The summed E-state index contributed by atoms with van der Waals surface area (Å²) in [6.45, 7) is 0.263. The number of nitrogens with zero attached hydrogens (tertiary/aromatic N) is 3. The van der Waals surface area contributed by atoms with Crippen LogP contribution in [-0.2, 0) is 0 Å². The number of nitriles is 1. The molecule has 2 aromatic rings. The second-order valence-electron chi connectivity index (χ2n) is 6.09. The molecule has 1 saturated carbocycles. The third-order valence-corrected chi connectivity index (χ3v) is 5.85. The molecule has 104 valence electrons. The minimum atomic E-state index is 0.263. The quantitative estimate of drug-likeness (QED) is 0.722. The second kappa shape index (κ2) is 4.83. The van der Waals surface area contributed by atoms with E-state index in [1.807, 2.05) is 0 Å². The fraction of sp³-hybridized carbons (Fsp3) is 0.400. The Labute approximate surface area is 132 Å². The van der Waals surface area contributed by atoms with Gasteiger partial charge in [-0.1, -0.05) is 36.3 Å². The van der Waals surface area contributed by atoms with Crippen molar-refractivity contribution in [2.75, 3.05) is 0 Å². The molecule has 0 amide bonds. The standard InChI is InChI=1S/C15H13BClN3S/c17-13-8-19-12-6-11(21-14(12)20-13)5-10-1-4-16(9-18)15(7-10)2-3-15/h5-6,8H,1-4,7H2/b10-5-. The Kier molecular flexibility index (Phi) is 3.06. The molecular formula is C15H13BClN3S. The molecule has 0 atom stereocenters. The van der Waals surface area contributed by atoms with Crippen molar-refractivity contribution in [3.63, 3.8) is 0 Å². The highest BCUT2D eigenvalue weighted by Gasteiger charge is 2.53. The maximum Gasteiger partial charge on any atom is 0.274 e. The number of aromatic nitrogens is 2. The average molecular weight is 314 g/mol. The van der Waals surface area contributed by atoms with E-state index in [4.69, 9.17) is 11.6 Å². The lowest BCUT2D eigenvalue weighted by Gasteiger charge is -2.26. The Morgan fingerprint density at radius 1 is 1.48 bits per heavy atom. The highest BCUT2D eigenvalue weighted by molar-refractivity contribution is 7.19. The number of hydrogen-bond donors (Lipinski definition) is 0. The van der Waals surface area contributed by atoms with Crippen molar-refractivity contribution in [2.24, 2.45) is 0 Å². The van der Waals surface area contributed by atoms with E-state index in [2.05, 4.69) is 28.1 Å². The van der Waals surface area contributed by atoms with Crippen molar-refractivity contribution in [3.05, 3.63) is 27.9 Å². The van der Waals surface area contributed by atoms with Crippen LogP contribution in [0, 0.1) is 11.2 Å². The van der Waals surface area contributed by atoms with Gasteiger partial charge >= 0.3 is 0 Å². The van der Waals surface area contributed by atoms with Crippen molar-refractivity contribution < 1.29 is 0 Å². The number of thiophene rings is 1. The van der Waals surface area contributed by atoms with Gasteiger partial charge in [0.2, 0.25) is 0 Å². The molecule has 0 unspecified atom stereocenters. The summed E-state index contributed by atoms with van der Waals surface area (Å²) in [6.07, 6.45) is 9.42. The Morgan fingerprint density at radius 3 is 3.10 bits per heavy atom. The number of allylic oxidation sites excluding steroid dienone is 1. The Bertz CT molecular complexity index is 788. The summed E-state index contributed by atoms with van der Waals surface area (Å²) < 4.78 is 0. The number of hydrogen-bond acceptors (Lipinski definition) is 4. The predicted octanol–water partition coefficient (Wildman–Crippen LogP) is 4.61. The van der Waals surface area contributed by atoms with Crippen LogP contribution in [0.15, 0.2) is 17.8 Å². The van der Waals surface area contributed by atoms with Crippen LogP contribution in [0.2, 0.25) is 16.8 Å². The Balaban J connectivity index is 1.63. The van der Waals surface area contributed by atoms with Crippen LogP contribution < -0.4 is 0 Å². The molecule has 1 aliphatic heterocycles. The summed E-state index contributed by atoms with van der Waals surface area (Å²) >= 11 is 7.52. The maximum atomic E-state index is 9.27. The average Bonchev–Trinajstić information content (AvgIpc) is 3.10. The smallest absolute Gasteiger partial charge is 0.250 e. The number of fused-ring (bicyclic) bond motifs is 1. The second-order valence-corrected chi connectivity index (χ2v) is 7.54. The summed E-state index contributed by atoms with van der Waals surface area (Å²) in [5.74, 6) is 2.51. The van der Waals surface area contributed by atoms with Crippen LogP contribution in [0.3, 0.4) is 0 Å². The SMILES string of the molecule is N#CB1CC/C(=C/c2cc3ncc(Cl)nc3s2)CC12CC2. The monoisotopic (exact) mass is 313 g/mol. The molecule has 0 N–H and O–H groups in total. The fourth-order valence-corrected chi connectivity index (χ4v) is 4.56. The first-order chi connectivity index (χ1) is 10.2. The van der Waals surface area contributed by atoms with Gasteiger partial charge in [-0.05, 0) is 30.3 Å². The maximum absolute atomic E-state index is 9.27. The summed E-state index contributed by atoms with van der Waals surface area (Å²) in [7, 11) is 0. The third kappa shape index (κ3) is 2.37. The number of halogens is 1. The lowest BCUT2D eigenvalue weighted by Crippen LogP contribution is -2.25. The summed E-state index contributed by atoms with van der Waals surface area (Å²) in [5.41, 5.74) is 2.37. The molecule has 3 nitrogen and oxygen atoms in total. The first-order valence-corrected chi connectivity index (χ1v) is 8.39. The molecule has 2 aromatic heterocycles. The molecular weight excluding hydrogens is 301 g/mol. The normalized spacial score (nSPS) is 21.9. The largest absolute Gasteiger partial charge is 0.274 e. The molecule has 1 saturated heterocycles. The first kappa shape index (κ1) is 13.3. The van der Waals surface area contributed by atoms with Gasteiger partial charge in [-0.15, -0.1) is 11.3 Å². The van der Waals surface area contributed by atoms with Gasteiger partial charge in [0.25, 0.3) is 6.71 Å². The Hall–Kier alpha value is -1.38. The molecule has 6 heteroatoms.